The molecule has 2 aliphatic rings. The van der Waals surface area contributed by atoms with E-state index < -0.39 is 0 Å². The fourth-order valence-corrected chi connectivity index (χ4v) is 4.90. The van der Waals surface area contributed by atoms with Crippen molar-refractivity contribution in [3.63, 3.8) is 0 Å². The van der Waals surface area contributed by atoms with Gasteiger partial charge in [-0.15, -0.1) is 5.10 Å². The second-order valence-electron chi connectivity index (χ2n) is 7.72. The minimum absolute atomic E-state index is 0.217. The molecule has 0 fully saturated rings. The van der Waals surface area contributed by atoms with Crippen molar-refractivity contribution in [1.82, 2.24) is 14.8 Å². The zero-order valence-corrected chi connectivity index (χ0v) is 18.4. The molecule has 0 unspecified atom stereocenters. The first-order valence-electron chi connectivity index (χ1n) is 10.5. The number of aromatic nitrogens is 3. The van der Waals surface area contributed by atoms with Gasteiger partial charge in [0.05, 0.1) is 0 Å². The van der Waals surface area contributed by atoms with E-state index in [1.807, 2.05) is 4.68 Å². The van der Waals surface area contributed by atoms with Gasteiger partial charge in [0.2, 0.25) is 11.1 Å². The number of hydrogen-bond donors (Lipinski definition) is 1. The van der Waals surface area contributed by atoms with Crippen LogP contribution < -0.4 is 10.2 Å². The molecule has 7 heteroatoms. The quantitative estimate of drug-likeness (QED) is 0.706. The smallest absolute Gasteiger partial charge is 0.227 e. The summed E-state index contributed by atoms with van der Waals surface area (Å²) in [6.07, 6.45) is 1.47. The Kier molecular flexibility index (Phi) is 5.67. The zero-order chi connectivity index (χ0) is 20.5. The van der Waals surface area contributed by atoms with Crippen LogP contribution in [0.15, 0.2) is 40.7 Å². The Morgan fingerprint density at radius 3 is 2.55 bits per heavy atom. The van der Waals surface area contributed by atoms with E-state index in [4.69, 9.17) is 5.10 Å². The molecule has 4 rings (SSSR count). The second-order valence-corrected chi connectivity index (χ2v) is 8.95. The van der Waals surface area contributed by atoms with Crippen molar-refractivity contribution in [2.75, 3.05) is 29.1 Å². The van der Waals surface area contributed by atoms with Crippen molar-refractivity contribution in [1.29, 1.82) is 0 Å². The van der Waals surface area contributed by atoms with Crippen LogP contribution in [0.3, 0.4) is 0 Å². The van der Waals surface area contributed by atoms with Crippen molar-refractivity contribution in [3.05, 3.63) is 41.1 Å². The molecule has 1 aliphatic carbocycles. The van der Waals surface area contributed by atoms with E-state index in [1.54, 1.807) is 11.8 Å². The number of ketones is 1. The van der Waals surface area contributed by atoms with Crippen LogP contribution >= 0.6 is 11.8 Å². The monoisotopic (exact) mass is 411 g/mol. The summed E-state index contributed by atoms with van der Waals surface area (Å²) in [7, 11) is 0. The van der Waals surface area contributed by atoms with Gasteiger partial charge < -0.3 is 10.2 Å². The van der Waals surface area contributed by atoms with Crippen LogP contribution in [0.5, 0.6) is 0 Å². The van der Waals surface area contributed by atoms with E-state index in [0.29, 0.717) is 12.3 Å². The zero-order valence-electron chi connectivity index (χ0n) is 17.6. The molecule has 0 spiro atoms. The van der Waals surface area contributed by atoms with Crippen molar-refractivity contribution in [2.24, 2.45) is 5.92 Å². The molecule has 0 bridgehead atoms. The molecule has 29 heavy (non-hydrogen) atoms. The highest BCUT2D eigenvalue weighted by Crippen LogP contribution is 2.42. The Balaban J connectivity index is 1.79. The van der Waals surface area contributed by atoms with Crippen LogP contribution in [0.1, 0.15) is 52.1 Å². The van der Waals surface area contributed by atoms with Crippen LogP contribution in [-0.4, -0.2) is 39.4 Å². The van der Waals surface area contributed by atoms with Crippen LogP contribution in [0, 0.1) is 5.92 Å². The number of allylic oxidation sites excluding steroid dienone is 2. The molecule has 0 saturated carbocycles. The number of nitrogens with one attached hydrogen (secondary N) is 1. The predicted molar refractivity (Wildman–Crippen MR) is 119 cm³/mol. The molecule has 154 valence electrons. The van der Waals surface area contributed by atoms with E-state index >= 15 is 0 Å². The van der Waals surface area contributed by atoms with Gasteiger partial charge in [0.25, 0.3) is 0 Å². The first kappa shape index (κ1) is 20.0. The SMILES string of the molecule is CCSc1nc2n(n1)[C@@H](c1ccc(N(CC)CC)cc1)C1=C(C[C@H](C)CC1=O)N2. The number of thioether (sulfide) groups is 1. The molecular weight excluding hydrogens is 382 g/mol. The van der Waals surface area contributed by atoms with E-state index in [2.05, 4.69) is 67.2 Å². The number of carbonyl (C=O) groups is 1. The first-order valence-corrected chi connectivity index (χ1v) is 11.5. The summed E-state index contributed by atoms with van der Waals surface area (Å²) in [6, 6.07) is 8.36. The number of benzene rings is 1. The van der Waals surface area contributed by atoms with Gasteiger partial charge in [-0.05, 0) is 49.6 Å². The molecule has 1 aromatic heterocycles. The van der Waals surface area contributed by atoms with Gasteiger partial charge in [0.1, 0.15) is 6.04 Å². The number of fused-ring (bicyclic) bond motifs is 1. The molecule has 1 aromatic carbocycles. The maximum atomic E-state index is 13.1. The lowest BCUT2D eigenvalue weighted by Crippen LogP contribution is -2.33. The number of nitrogens with zero attached hydrogens (tertiary/aromatic N) is 4. The number of hydrogen-bond acceptors (Lipinski definition) is 6. The van der Waals surface area contributed by atoms with E-state index in [0.717, 1.165) is 53.2 Å². The Bertz CT molecular complexity index is 929. The number of anilines is 2. The highest BCUT2D eigenvalue weighted by Gasteiger charge is 2.38. The minimum atomic E-state index is -0.217. The molecule has 6 nitrogen and oxygen atoms in total. The number of Topliss-reactive ketones (excluding diaryl/α,β-unsaturated/α-hetero) is 1. The minimum Gasteiger partial charge on any atom is -0.372 e. The maximum Gasteiger partial charge on any atom is 0.227 e. The summed E-state index contributed by atoms with van der Waals surface area (Å²) in [5.41, 5.74) is 4.15. The van der Waals surface area contributed by atoms with Gasteiger partial charge in [-0.1, -0.05) is 37.7 Å². The lowest BCUT2D eigenvalue weighted by atomic mass is 9.81. The summed E-state index contributed by atoms with van der Waals surface area (Å²) in [6.45, 7) is 10.5. The van der Waals surface area contributed by atoms with E-state index in [1.165, 1.54) is 5.69 Å². The van der Waals surface area contributed by atoms with Crippen molar-refractivity contribution in [3.8, 4) is 0 Å². The predicted octanol–water partition coefficient (Wildman–Crippen LogP) is 4.50. The third kappa shape index (κ3) is 3.68. The lowest BCUT2D eigenvalue weighted by Gasteiger charge is -2.34. The molecule has 1 aliphatic heterocycles. The highest BCUT2D eigenvalue weighted by atomic mass is 32.2. The molecule has 2 heterocycles. The van der Waals surface area contributed by atoms with Crippen LogP contribution in [-0.2, 0) is 4.79 Å². The van der Waals surface area contributed by atoms with Crippen LogP contribution in [0.4, 0.5) is 11.6 Å². The lowest BCUT2D eigenvalue weighted by molar-refractivity contribution is -0.117. The standard InChI is InChI=1S/C22H29N5OS/c1-5-26(6-2)16-10-8-15(9-11-16)20-19-17(12-14(4)13-18(19)28)23-21-24-22(29-7-3)25-27(20)21/h8-11,14,20H,5-7,12-13H2,1-4H3,(H,23,24,25)/t14-,20-/m0/s1. The van der Waals surface area contributed by atoms with Crippen molar-refractivity contribution < 1.29 is 4.79 Å². The van der Waals surface area contributed by atoms with Crippen molar-refractivity contribution in [2.45, 2.75) is 51.7 Å². The third-order valence-corrected chi connectivity index (χ3v) is 6.44. The molecule has 2 aromatic rings. The molecule has 0 saturated heterocycles. The fourth-order valence-electron chi connectivity index (χ4n) is 4.34. The Morgan fingerprint density at radius 2 is 1.90 bits per heavy atom. The Labute approximate surface area is 176 Å². The maximum absolute atomic E-state index is 13.1. The summed E-state index contributed by atoms with van der Waals surface area (Å²) < 4.78 is 1.90. The largest absolute Gasteiger partial charge is 0.372 e. The molecule has 2 atom stereocenters. The fraction of sp³-hybridized carbons (Fsp3) is 0.500. The molecule has 0 radical (unpaired) electrons. The summed E-state index contributed by atoms with van der Waals surface area (Å²) in [4.78, 5) is 20.1. The topological polar surface area (TPSA) is 63.1 Å². The molecule has 1 N–H and O–H groups in total. The van der Waals surface area contributed by atoms with Gasteiger partial charge in [-0.25, -0.2) is 4.68 Å². The highest BCUT2D eigenvalue weighted by molar-refractivity contribution is 7.99. The summed E-state index contributed by atoms with van der Waals surface area (Å²) in [5, 5.41) is 8.90. The van der Waals surface area contributed by atoms with Gasteiger partial charge in [0, 0.05) is 36.5 Å². The first-order chi connectivity index (χ1) is 14.0. The van der Waals surface area contributed by atoms with Gasteiger partial charge in [0.15, 0.2) is 5.78 Å². The molecular formula is C22H29N5OS. The normalized spacial score (nSPS) is 20.9. The van der Waals surface area contributed by atoms with Gasteiger partial charge >= 0.3 is 0 Å². The van der Waals surface area contributed by atoms with E-state index in [9.17, 15) is 4.79 Å². The number of carbonyl (C=O) groups excluding carboxylic acids is 1. The summed E-state index contributed by atoms with van der Waals surface area (Å²) in [5.74, 6) is 2.21. The summed E-state index contributed by atoms with van der Waals surface area (Å²) >= 11 is 1.62. The van der Waals surface area contributed by atoms with Crippen LogP contribution in [0.25, 0.3) is 0 Å². The van der Waals surface area contributed by atoms with Gasteiger partial charge in [-0.3, -0.25) is 4.79 Å². The number of rotatable bonds is 6. The van der Waals surface area contributed by atoms with Crippen LogP contribution in [0.2, 0.25) is 0 Å². The average molecular weight is 412 g/mol. The second kappa shape index (κ2) is 8.22. The Morgan fingerprint density at radius 1 is 1.17 bits per heavy atom. The molecule has 0 amide bonds. The van der Waals surface area contributed by atoms with Crippen molar-refractivity contribution >= 4 is 29.2 Å². The Hall–Kier alpha value is -2.28. The van der Waals surface area contributed by atoms with Gasteiger partial charge in [-0.2, -0.15) is 4.98 Å². The van der Waals surface area contributed by atoms with E-state index in [-0.39, 0.29) is 11.8 Å². The third-order valence-electron chi connectivity index (χ3n) is 5.72. The average Bonchev–Trinajstić information content (AvgIpc) is 3.10.